The molecule has 0 aliphatic rings. The summed E-state index contributed by atoms with van der Waals surface area (Å²) < 4.78 is 10.9. The SMILES string of the molecule is Cc1ccc(NC(=O)C(C)OC(=O)/C=C/c2ccc(Br)o2)c(C)c1. The number of benzene rings is 1. The zero-order valence-corrected chi connectivity index (χ0v) is 15.2. The molecule has 0 fully saturated rings. The molecule has 1 unspecified atom stereocenters. The van der Waals surface area contributed by atoms with E-state index in [-0.39, 0.29) is 5.91 Å². The Morgan fingerprint density at radius 1 is 1.25 bits per heavy atom. The van der Waals surface area contributed by atoms with E-state index in [0.29, 0.717) is 16.1 Å². The smallest absolute Gasteiger partial charge is 0.331 e. The molecule has 0 spiro atoms. The minimum atomic E-state index is -0.911. The second-order valence-corrected chi connectivity index (χ2v) is 6.14. The quantitative estimate of drug-likeness (QED) is 0.611. The molecule has 1 amide bonds. The summed E-state index contributed by atoms with van der Waals surface area (Å²) in [6.07, 6.45) is 1.78. The molecule has 1 heterocycles. The number of aryl methyl sites for hydroxylation is 2. The van der Waals surface area contributed by atoms with E-state index < -0.39 is 12.1 Å². The molecular formula is C18H18BrNO4. The van der Waals surface area contributed by atoms with Crippen LogP contribution in [0.25, 0.3) is 6.08 Å². The summed E-state index contributed by atoms with van der Waals surface area (Å²) in [7, 11) is 0. The average Bonchev–Trinajstić information content (AvgIpc) is 2.93. The summed E-state index contributed by atoms with van der Waals surface area (Å²) in [5, 5.41) is 2.75. The normalized spacial score (nSPS) is 12.2. The third kappa shape index (κ3) is 5.09. The Balaban J connectivity index is 1.90. The lowest BCUT2D eigenvalue weighted by atomic mass is 10.1. The molecule has 1 atom stereocenters. The van der Waals surface area contributed by atoms with Crippen LogP contribution >= 0.6 is 15.9 Å². The summed E-state index contributed by atoms with van der Waals surface area (Å²) in [5.41, 5.74) is 2.76. The molecule has 2 rings (SSSR count). The van der Waals surface area contributed by atoms with Gasteiger partial charge >= 0.3 is 5.97 Å². The van der Waals surface area contributed by atoms with Gasteiger partial charge < -0.3 is 14.5 Å². The minimum Gasteiger partial charge on any atom is -0.450 e. The van der Waals surface area contributed by atoms with Crippen molar-refractivity contribution in [3.05, 3.63) is 58.0 Å². The van der Waals surface area contributed by atoms with Gasteiger partial charge in [0.1, 0.15) is 5.76 Å². The maximum absolute atomic E-state index is 12.1. The average molecular weight is 392 g/mol. The minimum absolute atomic E-state index is 0.385. The van der Waals surface area contributed by atoms with Gasteiger partial charge in [0.05, 0.1) is 0 Å². The largest absolute Gasteiger partial charge is 0.450 e. The number of esters is 1. The van der Waals surface area contributed by atoms with Crippen LogP contribution in [0.1, 0.15) is 23.8 Å². The number of rotatable bonds is 5. The molecule has 0 saturated carbocycles. The highest BCUT2D eigenvalue weighted by Crippen LogP contribution is 2.17. The molecule has 1 aromatic carbocycles. The van der Waals surface area contributed by atoms with Crippen molar-refractivity contribution >= 4 is 39.6 Å². The van der Waals surface area contributed by atoms with E-state index in [1.54, 1.807) is 12.1 Å². The van der Waals surface area contributed by atoms with Crippen molar-refractivity contribution in [1.29, 1.82) is 0 Å². The van der Waals surface area contributed by atoms with Gasteiger partial charge in [-0.25, -0.2) is 4.79 Å². The summed E-state index contributed by atoms with van der Waals surface area (Å²) in [6.45, 7) is 5.41. The Morgan fingerprint density at radius 3 is 2.62 bits per heavy atom. The van der Waals surface area contributed by atoms with Crippen LogP contribution in [0.2, 0.25) is 0 Å². The molecule has 0 radical (unpaired) electrons. The molecule has 0 bridgehead atoms. The molecule has 1 N–H and O–H groups in total. The van der Waals surface area contributed by atoms with Crippen LogP contribution in [0.4, 0.5) is 5.69 Å². The van der Waals surface area contributed by atoms with E-state index in [1.165, 1.54) is 19.1 Å². The summed E-state index contributed by atoms with van der Waals surface area (Å²) in [6, 6.07) is 9.11. The van der Waals surface area contributed by atoms with Gasteiger partial charge in [0, 0.05) is 11.8 Å². The van der Waals surface area contributed by atoms with Crippen LogP contribution in [0, 0.1) is 13.8 Å². The molecule has 0 aliphatic heterocycles. The first-order valence-electron chi connectivity index (χ1n) is 7.37. The monoisotopic (exact) mass is 391 g/mol. The number of hydrogen-bond donors (Lipinski definition) is 1. The van der Waals surface area contributed by atoms with Gasteiger partial charge in [0.25, 0.3) is 5.91 Å². The van der Waals surface area contributed by atoms with Crippen LogP contribution in [0.3, 0.4) is 0 Å². The van der Waals surface area contributed by atoms with Gasteiger partial charge in [-0.15, -0.1) is 0 Å². The fraction of sp³-hybridized carbons (Fsp3) is 0.222. The van der Waals surface area contributed by atoms with Crippen molar-refractivity contribution in [3.63, 3.8) is 0 Å². The lowest BCUT2D eigenvalue weighted by Gasteiger charge is -2.14. The maximum atomic E-state index is 12.1. The van der Waals surface area contributed by atoms with E-state index in [1.807, 2.05) is 32.0 Å². The molecule has 126 valence electrons. The number of anilines is 1. The topological polar surface area (TPSA) is 68.5 Å². The van der Waals surface area contributed by atoms with E-state index in [4.69, 9.17) is 9.15 Å². The number of ether oxygens (including phenoxy) is 1. The van der Waals surface area contributed by atoms with Gasteiger partial charge in [0.15, 0.2) is 10.8 Å². The second kappa shape index (κ2) is 7.97. The van der Waals surface area contributed by atoms with E-state index >= 15 is 0 Å². The first-order chi connectivity index (χ1) is 11.3. The lowest BCUT2D eigenvalue weighted by molar-refractivity contribution is -0.148. The van der Waals surface area contributed by atoms with Crippen LogP contribution in [0.15, 0.2) is 45.5 Å². The van der Waals surface area contributed by atoms with Crippen LogP contribution < -0.4 is 5.32 Å². The number of carbonyl (C=O) groups excluding carboxylic acids is 2. The molecule has 5 nitrogen and oxygen atoms in total. The number of amides is 1. The highest BCUT2D eigenvalue weighted by molar-refractivity contribution is 9.10. The molecular weight excluding hydrogens is 374 g/mol. The number of hydrogen-bond acceptors (Lipinski definition) is 4. The van der Waals surface area contributed by atoms with E-state index in [0.717, 1.165) is 11.1 Å². The molecule has 2 aromatic rings. The summed E-state index contributed by atoms with van der Waals surface area (Å²) in [5.74, 6) is -0.499. The van der Waals surface area contributed by atoms with Crippen LogP contribution in [-0.4, -0.2) is 18.0 Å². The Labute approximate surface area is 148 Å². The Hall–Kier alpha value is -2.34. The van der Waals surface area contributed by atoms with Gasteiger partial charge in [-0.3, -0.25) is 4.79 Å². The van der Waals surface area contributed by atoms with Gasteiger partial charge in [0.2, 0.25) is 0 Å². The number of carbonyl (C=O) groups is 2. The van der Waals surface area contributed by atoms with Crippen molar-refractivity contribution < 1.29 is 18.7 Å². The number of furan rings is 1. The zero-order chi connectivity index (χ0) is 17.7. The first-order valence-corrected chi connectivity index (χ1v) is 8.16. The second-order valence-electron chi connectivity index (χ2n) is 5.36. The zero-order valence-electron chi connectivity index (χ0n) is 13.6. The first kappa shape index (κ1) is 18.0. The van der Waals surface area contributed by atoms with E-state index in [2.05, 4.69) is 21.2 Å². The fourth-order valence-corrected chi connectivity index (χ4v) is 2.34. The molecule has 6 heteroatoms. The fourth-order valence-electron chi connectivity index (χ4n) is 2.02. The predicted molar refractivity (Wildman–Crippen MR) is 95.5 cm³/mol. The Bertz CT molecular complexity index is 779. The Morgan fingerprint density at radius 2 is 2.00 bits per heavy atom. The molecule has 1 aromatic heterocycles. The van der Waals surface area contributed by atoms with Crippen LogP contribution in [0.5, 0.6) is 0 Å². The molecule has 0 aliphatic carbocycles. The lowest BCUT2D eigenvalue weighted by Crippen LogP contribution is -2.29. The van der Waals surface area contributed by atoms with Crippen molar-refractivity contribution in [1.82, 2.24) is 0 Å². The summed E-state index contributed by atoms with van der Waals surface area (Å²) >= 11 is 3.17. The van der Waals surface area contributed by atoms with Crippen molar-refractivity contribution in [2.45, 2.75) is 26.9 Å². The van der Waals surface area contributed by atoms with Crippen molar-refractivity contribution in [2.75, 3.05) is 5.32 Å². The standard InChI is InChI=1S/C18H18BrNO4/c1-11-4-7-15(12(2)10-11)20-18(22)13(3)23-17(21)9-6-14-5-8-16(19)24-14/h4-10,13H,1-3H3,(H,20,22)/b9-6+. The van der Waals surface area contributed by atoms with Crippen molar-refractivity contribution in [3.8, 4) is 0 Å². The predicted octanol–water partition coefficient (Wildman–Crippen LogP) is 4.24. The number of nitrogens with one attached hydrogen (secondary N) is 1. The number of halogens is 1. The molecule has 0 saturated heterocycles. The highest BCUT2D eigenvalue weighted by Gasteiger charge is 2.17. The maximum Gasteiger partial charge on any atom is 0.331 e. The van der Waals surface area contributed by atoms with Gasteiger partial charge in [-0.1, -0.05) is 17.7 Å². The van der Waals surface area contributed by atoms with Crippen LogP contribution in [-0.2, 0) is 14.3 Å². The third-order valence-electron chi connectivity index (χ3n) is 3.28. The Kier molecular flexibility index (Phi) is 5.98. The highest BCUT2D eigenvalue weighted by atomic mass is 79.9. The third-order valence-corrected chi connectivity index (χ3v) is 3.71. The van der Waals surface area contributed by atoms with E-state index in [9.17, 15) is 9.59 Å². The molecule has 24 heavy (non-hydrogen) atoms. The summed E-state index contributed by atoms with van der Waals surface area (Å²) in [4.78, 5) is 23.9. The van der Waals surface area contributed by atoms with Crippen molar-refractivity contribution in [2.24, 2.45) is 0 Å². The van der Waals surface area contributed by atoms with Gasteiger partial charge in [-0.2, -0.15) is 0 Å². The van der Waals surface area contributed by atoms with Gasteiger partial charge in [-0.05, 0) is 66.5 Å².